The Labute approximate surface area is 247 Å². The van der Waals surface area contributed by atoms with Crippen molar-refractivity contribution in [3.8, 4) is 51.2 Å². The van der Waals surface area contributed by atoms with Crippen molar-refractivity contribution in [2.24, 2.45) is 0 Å². The molecule has 2 aromatic carbocycles. The van der Waals surface area contributed by atoms with Crippen LogP contribution in [0.2, 0.25) is 29.7 Å². The monoisotopic (exact) mass is 612 g/mol. The van der Waals surface area contributed by atoms with Gasteiger partial charge < -0.3 is 14.7 Å². The van der Waals surface area contributed by atoms with Crippen LogP contribution in [-0.4, -0.2) is 58.9 Å². The van der Waals surface area contributed by atoms with Gasteiger partial charge >= 0.3 is 5.97 Å². The van der Waals surface area contributed by atoms with Crippen molar-refractivity contribution in [2.45, 2.75) is 24.8 Å². The van der Waals surface area contributed by atoms with Gasteiger partial charge in [-0.2, -0.15) is 4.73 Å². The van der Waals surface area contributed by atoms with Crippen LogP contribution in [0.1, 0.15) is 5.56 Å². The molecule has 0 aliphatic rings. The number of carbonyl (C=O) groups excluding carboxylic acids is 1. The molecule has 2 aromatic heterocycles. The van der Waals surface area contributed by atoms with Gasteiger partial charge in [0.2, 0.25) is 0 Å². The molecule has 206 valence electrons. The molecule has 4 rings (SSSR count). The van der Waals surface area contributed by atoms with E-state index in [1.807, 2.05) is 30.5 Å². The molecule has 0 aliphatic heterocycles. The van der Waals surface area contributed by atoms with Gasteiger partial charge in [-0.05, 0) is 36.6 Å². The lowest BCUT2D eigenvalue weighted by Gasteiger charge is -2.11. The molecule has 0 amide bonds. The molecule has 0 spiro atoms. The third kappa shape index (κ3) is 6.80. The molecule has 2 heterocycles. The van der Waals surface area contributed by atoms with Gasteiger partial charge in [-0.1, -0.05) is 72.7 Å². The molecule has 0 unspecified atom stereocenters. The first kappa shape index (κ1) is 29.5. The zero-order chi connectivity index (χ0) is 29.0. The Morgan fingerprint density at radius 1 is 1.12 bits per heavy atom. The Bertz CT molecular complexity index is 1620. The Kier molecular flexibility index (Phi) is 9.11. The average Bonchev–Trinajstić information content (AvgIpc) is 3.26. The number of methoxy groups -OCH3 is 1. The minimum Gasteiger partial charge on any atom is -0.482 e. The lowest BCUT2D eigenvalue weighted by molar-refractivity contribution is -0.142. The Balaban J connectivity index is 1.90. The molecule has 0 saturated heterocycles. The fraction of sp³-hybridized carbons (Fsp3) is 0.214. The highest BCUT2D eigenvalue weighted by Gasteiger charge is 2.26. The van der Waals surface area contributed by atoms with Gasteiger partial charge in [-0.15, -0.1) is 5.54 Å². The summed E-state index contributed by atoms with van der Waals surface area (Å²) in [6, 6.07) is 12.3. The molecule has 4 aromatic rings. The molecular weight excluding hydrogens is 587 g/mol. The maximum absolute atomic E-state index is 11.5. The standard InChI is InChI=1S/C28H26Cl2N4O4SSi/c1-37-23(35)16-38-19-14-20(29)24(21(30)15-19)27-33-25(18-8-6-7-17(13-18)10-12-40(3,4)5)26(34(27)36)22-9-11-31-28(32-22)39-2/h6-9,11,13-15,36H,16H2,1-5H3. The maximum atomic E-state index is 11.5. The summed E-state index contributed by atoms with van der Waals surface area (Å²) in [7, 11) is -0.334. The van der Waals surface area contributed by atoms with Gasteiger partial charge in [0.15, 0.2) is 17.6 Å². The smallest absolute Gasteiger partial charge is 0.343 e. The van der Waals surface area contributed by atoms with Crippen molar-refractivity contribution in [3.05, 3.63) is 64.3 Å². The number of benzene rings is 2. The lowest BCUT2D eigenvalue weighted by atomic mass is 10.1. The fourth-order valence-corrected chi connectivity index (χ4v) is 5.14. The van der Waals surface area contributed by atoms with Crippen LogP contribution in [0.25, 0.3) is 34.0 Å². The Morgan fingerprint density at radius 2 is 1.85 bits per heavy atom. The van der Waals surface area contributed by atoms with Crippen LogP contribution in [0.4, 0.5) is 0 Å². The average molecular weight is 614 g/mol. The molecule has 0 radical (unpaired) electrons. The van der Waals surface area contributed by atoms with Crippen LogP contribution < -0.4 is 4.74 Å². The van der Waals surface area contributed by atoms with Crippen LogP contribution in [0.5, 0.6) is 5.75 Å². The number of hydrogen-bond donors (Lipinski definition) is 1. The quantitative estimate of drug-likeness (QED) is 0.0613. The van der Waals surface area contributed by atoms with Crippen molar-refractivity contribution in [2.75, 3.05) is 20.0 Å². The number of ether oxygens (including phenoxy) is 2. The van der Waals surface area contributed by atoms with Crippen LogP contribution in [0, 0.1) is 11.5 Å². The zero-order valence-corrected chi connectivity index (χ0v) is 25.8. The molecule has 8 nitrogen and oxygen atoms in total. The largest absolute Gasteiger partial charge is 0.482 e. The molecule has 0 fully saturated rings. The summed E-state index contributed by atoms with van der Waals surface area (Å²) in [5.41, 5.74) is 6.45. The first-order valence-electron chi connectivity index (χ1n) is 12.0. The molecule has 0 atom stereocenters. The summed E-state index contributed by atoms with van der Waals surface area (Å²) in [5, 5.41) is 12.4. The number of nitrogens with zero attached hydrogens (tertiary/aromatic N) is 4. The number of rotatable bonds is 7. The summed E-state index contributed by atoms with van der Waals surface area (Å²) in [4.78, 5) is 25.1. The highest BCUT2D eigenvalue weighted by Crippen LogP contribution is 2.41. The van der Waals surface area contributed by atoms with Gasteiger partial charge in [0, 0.05) is 17.3 Å². The first-order valence-corrected chi connectivity index (χ1v) is 17.5. The van der Waals surface area contributed by atoms with Crippen LogP contribution in [0.3, 0.4) is 0 Å². The number of halogens is 2. The third-order valence-corrected chi connectivity index (χ3v) is 7.49. The molecular formula is C28H26Cl2N4O4SSi. The van der Waals surface area contributed by atoms with E-state index >= 15 is 0 Å². The van der Waals surface area contributed by atoms with Crippen molar-refractivity contribution < 1.29 is 19.5 Å². The van der Waals surface area contributed by atoms with Crippen molar-refractivity contribution >= 4 is 49.0 Å². The number of aromatic nitrogens is 4. The van der Waals surface area contributed by atoms with E-state index in [0.717, 1.165) is 15.9 Å². The summed E-state index contributed by atoms with van der Waals surface area (Å²) in [5.74, 6) is 3.08. The van der Waals surface area contributed by atoms with E-state index in [2.05, 4.69) is 45.8 Å². The van der Waals surface area contributed by atoms with Gasteiger partial charge in [0.1, 0.15) is 25.2 Å². The van der Waals surface area contributed by atoms with Gasteiger partial charge in [0.05, 0.1) is 28.4 Å². The van der Waals surface area contributed by atoms with E-state index in [9.17, 15) is 10.0 Å². The second-order valence-electron chi connectivity index (χ2n) is 9.58. The predicted octanol–water partition coefficient (Wildman–Crippen LogP) is 6.72. The second kappa shape index (κ2) is 12.4. The predicted molar refractivity (Wildman–Crippen MR) is 161 cm³/mol. The van der Waals surface area contributed by atoms with E-state index in [-0.39, 0.29) is 33.8 Å². The Hall–Kier alpha value is -3.49. The number of hydrogen-bond acceptors (Lipinski definition) is 8. The summed E-state index contributed by atoms with van der Waals surface area (Å²) in [6.45, 7) is 6.23. The number of esters is 1. The highest BCUT2D eigenvalue weighted by molar-refractivity contribution is 7.98. The summed E-state index contributed by atoms with van der Waals surface area (Å²) >= 11 is 14.6. The van der Waals surface area contributed by atoms with Crippen LogP contribution in [-0.2, 0) is 9.53 Å². The number of imidazole rings is 1. The van der Waals surface area contributed by atoms with Crippen LogP contribution >= 0.6 is 35.0 Å². The maximum Gasteiger partial charge on any atom is 0.343 e. The third-order valence-electron chi connectivity index (χ3n) is 5.45. The van der Waals surface area contributed by atoms with Gasteiger partial charge in [0.25, 0.3) is 0 Å². The van der Waals surface area contributed by atoms with Gasteiger partial charge in [-0.3, -0.25) is 0 Å². The minimum atomic E-state index is -1.60. The van der Waals surface area contributed by atoms with Crippen LogP contribution in [0.15, 0.2) is 53.8 Å². The highest BCUT2D eigenvalue weighted by atomic mass is 35.5. The minimum absolute atomic E-state index is 0.0995. The number of thioether (sulfide) groups is 1. The molecule has 12 heteroatoms. The molecule has 0 bridgehead atoms. The SMILES string of the molecule is COC(=O)COc1cc(Cl)c(-c2nc(-c3cccc(C#C[Si](C)(C)C)c3)c(-c3ccnc(SC)n3)n2O)c(Cl)c1. The molecule has 1 N–H and O–H groups in total. The first-order chi connectivity index (χ1) is 19.0. The van der Waals surface area contributed by atoms with Crippen molar-refractivity contribution in [3.63, 3.8) is 0 Å². The molecule has 40 heavy (non-hydrogen) atoms. The topological polar surface area (TPSA) is 99.4 Å². The fourth-order valence-electron chi connectivity index (χ4n) is 3.63. The molecule has 0 saturated carbocycles. The second-order valence-corrected chi connectivity index (χ2v) is 15.9. The van der Waals surface area contributed by atoms with Crippen molar-refractivity contribution in [1.29, 1.82) is 0 Å². The van der Waals surface area contributed by atoms with Gasteiger partial charge in [-0.25, -0.2) is 19.7 Å². The molecule has 0 aliphatic carbocycles. The van der Waals surface area contributed by atoms with E-state index < -0.39 is 14.0 Å². The lowest BCUT2D eigenvalue weighted by Crippen LogP contribution is -2.16. The van der Waals surface area contributed by atoms with E-state index in [1.165, 1.54) is 31.0 Å². The van der Waals surface area contributed by atoms with E-state index in [4.69, 9.17) is 32.9 Å². The summed E-state index contributed by atoms with van der Waals surface area (Å²) < 4.78 is 11.0. The normalized spacial score (nSPS) is 11.1. The van der Waals surface area contributed by atoms with E-state index in [0.29, 0.717) is 22.2 Å². The zero-order valence-electron chi connectivity index (χ0n) is 22.5. The van der Waals surface area contributed by atoms with E-state index in [1.54, 1.807) is 12.3 Å². The number of carbonyl (C=O) groups is 1. The Morgan fingerprint density at radius 3 is 2.50 bits per heavy atom. The van der Waals surface area contributed by atoms with Crippen molar-refractivity contribution in [1.82, 2.24) is 19.7 Å². The summed E-state index contributed by atoms with van der Waals surface area (Å²) in [6.07, 6.45) is 3.49.